The molecule has 0 amide bonds. The molecule has 2 N–H and O–H groups in total. The highest BCUT2D eigenvalue weighted by Gasteiger charge is 2.10. The quantitative estimate of drug-likeness (QED) is 0.807. The lowest BCUT2D eigenvalue weighted by molar-refractivity contribution is -0.113. The smallest absolute Gasteiger partial charge is 0.157 e. The zero-order chi connectivity index (χ0) is 13.6. The van der Waals surface area contributed by atoms with Gasteiger partial charge in [0.25, 0.3) is 0 Å². The molecule has 0 aliphatic carbocycles. The van der Waals surface area contributed by atoms with E-state index >= 15 is 0 Å². The zero-order valence-electron chi connectivity index (χ0n) is 10.5. The van der Waals surface area contributed by atoms with E-state index < -0.39 is 11.6 Å². The minimum absolute atomic E-state index is 0.0417. The summed E-state index contributed by atoms with van der Waals surface area (Å²) in [6.07, 6.45) is 0. The number of allylic oxidation sites excluding steroid dienone is 1. The first-order valence-corrected chi connectivity index (χ1v) is 5.36. The van der Waals surface area contributed by atoms with E-state index in [9.17, 15) is 13.6 Å². The number of nitrogens with two attached hydrogens (primary N) is 1. The Balaban J connectivity index is 0.00000121. The molecule has 0 bridgehead atoms. The second-order valence-corrected chi connectivity index (χ2v) is 3.22. The highest BCUT2D eigenvalue weighted by Crippen LogP contribution is 2.18. The first-order valence-electron chi connectivity index (χ1n) is 5.36. The van der Waals surface area contributed by atoms with Gasteiger partial charge in [-0.3, -0.25) is 4.79 Å². The van der Waals surface area contributed by atoms with E-state index in [0.29, 0.717) is 0 Å². The first kappa shape index (κ1) is 15.3. The molecule has 0 aromatic heterocycles. The summed E-state index contributed by atoms with van der Waals surface area (Å²) in [5, 5.41) is 0. The molecule has 0 aliphatic heterocycles. The maximum absolute atomic E-state index is 13.3. The van der Waals surface area contributed by atoms with Crippen LogP contribution in [0.4, 0.5) is 8.78 Å². The van der Waals surface area contributed by atoms with Crippen LogP contribution in [0.5, 0.6) is 0 Å². The third-order valence-corrected chi connectivity index (χ3v) is 2.15. The van der Waals surface area contributed by atoms with Crippen LogP contribution in [-0.2, 0) is 4.79 Å². The van der Waals surface area contributed by atoms with Gasteiger partial charge in [-0.25, -0.2) is 8.78 Å². The second kappa shape index (κ2) is 6.78. The van der Waals surface area contributed by atoms with Crippen LogP contribution in [0.3, 0.4) is 0 Å². The summed E-state index contributed by atoms with van der Waals surface area (Å²) in [4.78, 5) is 11.0. The molecule has 0 atom stereocenters. The summed E-state index contributed by atoms with van der Waals surface area (Å²) >= 11 is 0. The summed E-state index contributed by atoms with van der Waals surface area (Å²) in [5.41, 5.74) is 5.94. The van der Waals surface area contributed by atoms with Gasteiger partial charge in [0.1, 0.15) is 11.6 Å². The largest absolute Gasteiger partial charge is 0.398 e. The van der Waals surface area contributed by atoms with Crippen molar-refractivity contribution in [1.29, 1.82) is 0 Å². The molecule has 0 saturated heterocycles. The third kappa shape index (κ3) is 3.98. The van der Waals surface area contributed by atoms with Crippen molar-refractivity contribution in [3.8, 4) is 0 Å². The van der Waals surface area contributed by atoms with Crippen molar-refractivity contribution in [3.63, 3.8) is 0 Å². The van der Waals surface area contributed by atoms with E-state index in [2.05, 4.69) is 0 Å². The van der Waals surface area contributed by atoms with Crippen LogP contribution in [0.2, 0.25) is 0 Å². The molecule has 1 rings (SSSR count). The number of benzene rings is 1. The van der Waals surface area contributed by atoms with Crippen molar-refractivity contribution in [2.75, 3.05) is 0 Å². The Hall–Kier alpha value is -1.71. The lowest BCUT2D eigenvalue weighted by Gasteiger charge is -2.06. The fourth-order valence-corrected chi connectivity index (χ4v) is 1.10. The number of rotatable bonds is 2. The average Bonchev–Trinajstić information content (AvgIpc) is 2.29. The van der Waals surface area contributed by atoms with Crippen molar-refractivity contribution >= 4 is 11.5 Å². The van der Waals surface area contributed by atoms with Crippen LogP contribution in [0.1, 0.15) is 33.3 Å². The minimum atomic E-state index is -0.770. The molecule has 94 valence electrons. The van der Waals surface area contributed by atoms with Gasteiger partial charge in [0.05, 0.1) is 0 Å². The van der Waals surface area contributed by atoms with Gasteiger partial charge >= 0.3 is 0 Å². The molecule has 1 aromatic rings. The summed E-state index contributed by atoms with van der Waals surface area (Å²) < 4.78 is 25.9. The van der Waals surface area contributed by atoms with E-state index in [1.54, 1.807) is 0 Å². The van der Waals surface area contributed by atoms with Crippen LogP contribution in [0, 0.1) is 11.6 Å². The number of hydrogen-bond donors (Lipinski definition) is 1. The molecule has 0 fully saturated rings. The van der Waals surface area contributed by atoms with Gasteiger partial charge in [0.15, 0.2) is 5.78 Å². The molecule has 17 heavy (non-hydrogen) atoms. The fourth-order valence-electron chi connectivity index (χ4n) is 1.10. The normalized spacial score (nSPS) is 11.2. The lowest BCUT2D eigenvalue weighted by atomic mass is 10.1. The number of carbonyl (C=O) groups excluding carboxylic acids is 1. The molecule has 0 heterocycles. The van der Waals surface area contributed by atoms with Crippen molar-refractivity contribution in [2.24, 2.45) is 5.73 Å². The van der Waals surface area contributed by atoms with Gasteiger partial charge in [-0.2, -0.15) is 0 Å². The fraction of sp³-hybridized carbons (Fsp3) is 0.308. The molecule has 4 heteroatoms. The Labute approximate surface area is 100 Å². The lowest BCUT2D eigenvalue weighted by Crippen LogP contribution is -2.07. The van der Waals surface area contributed by atoms with Crippen molar-refractivity contribution in [1.82, 2.24) is 0 Å². The Bertz CT molecular complexity index is 439. The summed E-state index contributed by atoms with van der Waals surface area (Å²) in [6, 6.07) is 3.04. The third-order valence-electron chi connectivity index (χ3n) is 2.15. The summed E-state index contributed by atoms with van der Waals surface area (Å²) in [7, 11) is 0. The zero-order valence-corrected chi connectivity index (χ0v) is 10.5. The molecular formula is C13H17F2NO. The number of carbonyl (C=O) groups is 1. The van der Waals surface area contributed by atoms with Crippen LogP contribution in [-0.4, -0.2) is 5.78 Å². The highest BCUT2D eigenvalue weighted by atomic mass is 19.1. The topological polar surface area (TPSA) is 43.1 Å². The number of halogens is 2. The van der Waals surface area contributed by atoms with Gasteiger partial charge in [0.2, 0.25) is 0 Å². The number of hydrogen-bond acceptors (Lipinski definition) is 2. The molecule has 0 unspecified atom stereocenters. The van der Waals surface area contributed by atoms with Crippen molar-refractivity contribution in [3.05, 3.63) is 41.0 Å². The predicted molar refractivity (Wildman–Crippen MR) is 65.2 cm³/mol. The Kier molecular flexibility index (Phi) is 6.10. The molecule has 0 aliphatic rings. The van der Waals surface area contributed by atoms with Gasteiger partial charge < -0.3 is 5.73 Å². The van der Waals surface area contributed by atoms with Crippen molar-refractivity contribution in [2.45, 2.75) is 27.7 Å². The maximum Gasteiger partial charge on any atom is 0.157 e. The van der Waals surface area contributed by atoms with Crippen LogP contribution < -0.4 is 5.73 Å². The summed E-state index contributed by atoms with van der Waals surface area (Å²) in [5.74, 6) is -1.69. The Morgan fingerprint density at radius 1 is 1.18 bits per heavy atom. The van der Waals surface area contributed by atoms with Gasteiger partial charge in [-0.05, 0) is 26.0 Å². The van der Waals surface area contributed by atoms with Gasteiger partial charge in [0, 0.05) is 22.9 Å². The van der Waals surface area contributed by atoms with Gasteiger partial charge in [-0.1, -0.05) is 13.8 Å². The number of ketones is 1. The standard InChI is InChI=1S/C11H11F2NO.C2H6/c1-6(7(2)15)11(14)9-4-3-8(12)5-10(9)13;1-2/h3-5H,14H2,1-2H3;1-2H3/b11-6-;. The van der Waals surface area contributed by atoms with Crippen LogP contribution in [0.15, 0.2) is 23.8 Å². The first-order chi connectivity index (χ1) is 7.93. The van der Waals surface area contributed by atoms with E-state index in [-0.39, 0.29) is 22.6 Å². The minimum Gasteiger partial charge on any atom is -0.398 e. The monoisotopic (exact) mass is 241 g/mol. The van der Waals surface area contributed by atoms with E-state index in [4.69, 9.17) is 5.73 Å². The SMILES string of the molecule is CC.CC(=O)/C(C)=C(\N)c1ccc(F)cc1F. The van der Waals surface area contributed by atoms with Crippen LogP contribution in [0.25, 0.3) is 5.70 Å². The van der Waals surface area contributed by atoms with Gasteiger partial charge in [-0.15, -0.1) is 0 Å². The number of Topliss-reactive ketones (excluding diaryl/α,β-unsaturated/α-hetero) is 1. The molecule has 2 nitrogen and oxygen atoms in total. The van der Waals surface area contributed by atoms with Crippen molar-refractivity contribution < 1.29 is 13.6 Å². The van der Waals surface area contributed by atoms with Crippen LogP contribution >= 0.6 is 0 Å². The molecule has 0 spiro atoms. The predicted octanol–water partition coefficient (Wildman–Crippen LogP) is 3.27. The molecule has 0 saturated carbocycles. The highest BCUT2D eigenvalue weighted by molar-refractivity contribution is 5.99. The Morgan fingerprint density at radius 2 is 1.71 bits per heavy atom. The second-order valence-electron chi connectivity index (χ2n) is 3.22. The van der Waals surface area contributed by atoms with E-state index in [0.717, 1.165) is 12.1 Å². The molecule has 0 radical (unpaired) electrons. The molecule has 1 aromatic carbocycles. The average molecular weight is 241 g/mol. The van der Waals surface area contributed by atoms with E-state index in [1.165, 1.54) is 19.9 Å². The summed E-state index contributed by atoms with van der Waals surface area (Å²) in [6.45, 7) is 6.84. The maximum atomic E-state index is 13.3. The Morgan fingerprint density at radius 3 is 2.12 bits per heavy atom. The van der Waals surface area contributed by atoms with E-state index in [1.807, 2.05) is 13.8 Å². The molecular weight excluding hydrogens is 224 g/mol.